The molecule has 2 aromatic rings. The fourth-order valence-electron chi connectivity index (χ4n) is 7.46. The van der Waals surface area contributed by atoms with Crippen LogP contribution < -0.4 is 14.7 Å². The van der Waals surface area contributed by atoms with E-state index in [1.54, 1.807) is 22.8 Å². The molecule has 0 N–H and O–H groups in total. The highest BCUT2D eigenvalue weighted by molar-refractivity contribution is 6.10. The third-order valence-corrected chi connectivity index (χ3v) is 9.85. The normalized spacial score (nSPS) is 25.1. The van der Waals surface area contributed by atoms with E-state index in [0.29, 0.717) is 39.3 Å². The van der Waals surface area contributed by atoms with Crippen molar-refractivity contribution < 1.29 is 36.7 Å². The number of carbonyl (C=O) groups excluding carboxylic acids is 4. The van der Waals surface area contributed by atoms with Crippen molar-refractivity contribution in [3.8, 4) is 0 Å². The number of aromatic nitrogens is 1. The highest BCUT2D eigenvalue weighted by Gasteiger charge is 2.50. The Bertz CT molecular complexity index is 1670. The first kappa shape index (κ1) is 33.4. The molecule has 0 radical (unpaired) electrons. The maximum atomic E-state index is 15.6. The van der Waals surface area contributed by atoms with Crippen molar-refractivity contribution in [1.82, 2.24) is 19.7 Å². The first-order valence-electron chi connectivity index (χ1n) is 15.8. The number of amides is 4. The summed E-state index contributed by atoms with van der Waals surface area (Å²) in [5.74, 6) is -3.03. The second kappa shape index (κ2) is 12.5. The Balaban J connectivity index is 1.28. The summed E-state index contributed by atoms with van der Waals surface area (Å²) in [4.78, 5) is 66.8. The van der Waals surface area contributed by atoms with Gasteiger partial charge in [-0.25, -0.2) is 9.37 Å². The zero-order chi connectivity index (χ0) is 34.7. The van der Waals surface area contributed by atoms with Gasteiger partial charge in [0, 0.05) is 70.9 Å². The third kappa shape index (κ3) is 5.88. The van der Waals surface area contributed by atoms with E-state index in [4.69, 9.17) is 0 Å². The first-order valence-corrected chi connectivity index (χ1v) is 15.8. The molecular formula is C33H37F4N7O4. The van der Waals surface area contributed by atoms with Crippen LogP contribution in [0, 0.1) is 18.7 Å². The van der Waals surface area contributed by atoms with E-state index in [9.17, 15) is 32.3 Å². The van der Waals surface area contributed by atoms with Crippen LogP contribution in [0.15, 0.2) is 43.0 Å². The smallest absolute Gasteiger partial charge is 0.366 e. The summed E-state index contributed by atoms with van der Waals surface area (Å²) in [6.07, 6.45) is -3.63. The summed E-state index contributed by atoms with van der Waals surface area (Å²) in [6, 6.07) is 4.04. The Morgan fingerprint density at radius 3 is 2.52 bits per heavy atom. The third-order valence-electron chi connectivity index (χ3n) is 9.85. The molecule has 256 valence electrons. The van der Waals surface area contributed by atoms with Gasteiger partial charge in [0.25, 0.3) is 0 Å². The van der Waals surface area contributed by atoms with Crippen LogP contribution in [0.2, 0.25) is 0 Å². The number of para-hydroxylation sites is 1. The van der Waals surface area contributed by atoms with Gasteiger partial charge in [0.2, 0.25) is 23.6 Å². The summed E-state index contributed by atoms with van der Waals surface area (Å²) in [7, 11) is 1.46. The van der Waals surface area contributed by atoms with E-state index in [-0.39, 0.29) is 53.7 Å². The van der Waals surface area contributed by atoms with E-state index in [1.165, 1.54) is 42.0 Å². The molecular weight excluding hydrogens is 634 g/mol. The molecule has 3 fully saturated rings. The zero-order valence-corrected chi connectivity index (χ0v) is 26.9. The molecule has 0 spiro atoms. The van der Waals surface area contributed by atoms with Crippen LogP contribution >= 0.6 is 0 Å². The number of aryl methyl sites for hydroxylation is 1. The Morgan fingerprint density at radius 1 is 1.06 bits per heavy atom. The number of fused-ring (bicyclic) bond motifs is 3. The molecule has 3 saturated heterocycles. The topological polar surface area (TPSA) is 101 Å². The van der Waals surface area contributed by atoms with Gasteiger partial charge in [-0.2, -0.15) is 13.2 Å². The van der Waals surface area contributed by atoms with Gasteiger partial charge in [0.05, 0.1) is 23.0 Å². The van der Waals surface area contributed by atoms with Crippen LogP contribution in [0.4, 0.5) is 34.8 Å². The van der Waals surface area contributed by atoms with E-state index in [0.717, 1.165) is 17.0 Å². The standard InChI is InChI=1S/C33H37F4N7O4/c1-5-27(45)43-18-23-17-40(10-12-42(23)31(47)20(43)3)9-11-41-16-21-14-28(46)44(26-15-22(33(35,36)37)13-19(2)38-26)29(21)32(48)39(4)25-8-6-7-24(34)30(25)41/h5-8,13,15,20-21,23,29H,1,9-12,14,16-18H2,2-4H3/t20-,21-,23+,29+/m1/s1. The fraction of sp³-hybridized carbons (Fsp3) is 0.485. The van der Waals surface area contributed by atoms with Crippen LogP contribution in [0.3, 0.4) is 0 Å². The number of halogens is 4. The Kier molecular flexibility index (Phi) is 8.68. The van der Waals surface area contributed by atoms with E-state index < -0.39 is 47.4 Å². The van der Waals surface area contributed by atoms with Crippen molar-refractivity contribution in [2.45, 2.75) is 44.6 Å². The quantitative estimate of drug-likeness (QED) is 0.356. The molecule has 48 heavy (non-hydrogen) atoms. The molecule has 4 aliphatic heterocycles. The predicted octanol–water partition coefficient (Wildman–Crippen LogP) is 2.68. The molecule has 4 amide bonds. The van der Waals surface area contributed by atoms with Crippen molar-refractivity contribution in [2.75, 3.05) is 67.6 Å². The minimum Gasteiger partial charge on any atom is -0.366 e. The van der Waals surface area contributed by atoms with Crippen molar-refractivity contribution in [1.29, 1.82) is 0 Å². The lowest BCUT2D eigenvalue weighted by Gasteiger charge is -2.49. The molecule has 0 saturated carbocycles. The number of likely N-dealkylation sites (N-methyl/N-ethyl adjacent to an activating group) is 1. The number of alkyl halides is 3. The summed E-state index contributed by atoms with van der Waals surface area (Å²) < 4.78 is 56.8. The summed E-state index contributed by atoms with van der Waals surface area (Å²) >= 11 is 0. The highest BCUT2D eigenvalue weighted by atomic mass is 19.4. The molecule has 0 aliphatic carbocycles. The van der Waals surface area contributed by atoms with Gasteiger partial charge in [0.15, 0.2) is 0 Å². The average Bonchev–Trinajstić information content (AvgIpc) is 3.37. The minimum absolute atomic E-state index is 0.0444. The summed E-state index contributed by atoms with van der Waals surface area (Å²) in [5.41, 5.74) is -0.480. The van der Waals surface area contributed by atoms with Crippen LogP contribution in [-0.4, -0.2) is 114 Å². The van der Waals surface area contributed by atoms with Crippen molar-refractivity contribution >= 4 is 40.8 Å². The molecule has 4 aliphatic rings. The molecule has 6 rings (SSSR count). The summed E-state index contributed by atoms with van der Waals surface area (Å²) in [5, 5.41) is 0. The lowest BCUT2D eigenvalue weighted by atomic mass is 9.95. The Morgan fingerprint density at radius 2 is 1.81 bits per heavy atom. The van der Waals surface area contributed by atoms with Gasteiger partial charge in [0.1, 0.15) is 23.7 Å². The second-order valence-electron chi connectivity index (χ2n) is 12.8. The van der Waals surface area contributed by atoms with Gasteiger partial charge in [-0.15, -0.1) is 0 Å². The molecule has 15 heteroatoms. The Labute approximate surface area is 275 Å². The predicted molar refractivity (Wildman–Crippen MR) is 169 cm³/mol. The number of hydrogen-bond acceptors (Lipinski definition) is 7. The monoisotopic (exact) mass is 671 g/mol. The van der Waals surface area contributed by atoms with E-state index in [2.05, 4.69) is 16.5 Å². The van der Waals surface area contributed by atoms with Crippen molar-refractivity contribution in [3.63, 3.8) is 0 Å². The van der Waals surface area contributed by atoms with Gasteiger partial charge in [-0.1, -0.05) is 12.6 Å². The largest absolute Gasteiger partial charge is 0.416 e. The molecule has 4 atom stereocenters. The lowest BCUT2D eigenvalue weighted by molar-refractivity contribution is -0.155. The molecule has 0 unspecified atom stereocenters. The van der Waals surface area contributed by atoms with Gasteiger partial charge in [-0.3, -0.25) is 29.0 Å². The number of piperazine rings is 2. The van der Waals surface area contributed by atoms with E-state index in [1.807, 2.05) is 0 Å². The number of hydrogen-bond donors (Lipinski definition) is 0. The van der Waals surface area contributed by atoms with Crippen LogP contribution in [0.5, 0.6) is 0 Å². The first-order chi connectivity index (χ1) is 22.7. The fourth-order valence-corrected chi connectivity index (χ4v) is 7.46. The number of nitrogens with zero attached hydrogens (tertiary/aromatic N) is 7. The maximum Gasteiger partial charge on any atom is 0.416 e. The van der Waals surface area contributed by atoms with Crippen molar-refractivity contribution in [3.05, 3.63) is 60.1 Å². The van der Waals surface area contributed by atoms with Crippen LogP contribution in [0.25, 0.3) is 0 Å². The second-order valence-corrected chi connectivity index (χ2v) is 12.8. The highest BCUT2D eigenvalue weighted by Crippen LogP contribution is 2.41. The van der Waals surface area contributed by atoms with Crippen molar-refractivity contribution in [2.24, 2.45) is 5.92 Å². The zero-order valence-electron chi connectivity index (χ0n) is 26.9. The van der Waals surface area contributed by atoms with E-state index >= 15 is 4.39 Å². The molecule has 11 nitrogen and oxygen atoms in total. The number of pyridine rings is 1. The summed E-state index contributed by atoms with van der Waals surface area (Å²) in [6.45, 7) is 9.32. The molecule has 0 bridgehead atoms. The molecule has 1 aromatic carbocycles. The lowest BCUT2D eigenvalue weighted by Crippen LogP contribution is -2.68. The average molecular weight is 672 g/mol. The number of rotatable bonds is 5. The minimum atomic E-state index is -4.69. The number of anilines is 3. The van der Waals surface area contributed by atoms with Gasteiger partial charge < -0.3 is 19.6 Å². The SMILES string of the molecule is C=CC(=O)N1C[C@@H]2CN(CCN3C[C@H]4CC(=O)N(c5cc(C(F)(F)F)cc(C)n5)[C@@H]4C(=O)N(C)c4cccc(F)c43)CCN2C(=O)[C@H]1C. The van der Waals surface area contributed by atoms with Crippen LogP contribution in [-0.2, 0) is 25.4 Å². The number of benzene rings is 1. The molecule has 5 heterocycles. The van der Waals surface area contributed by atoms with Gasteiger partial charge in [-0.05, 0) is 44.2 Å². The number of carbonyl (C=O) groups is 4. The van der Waals surface area contributed by atoms with Gasteiger partial charge >= 0.3 is 6.18 Å². The Hall–Kier alpha value is -4.53. The van der Waals surface area contributed by atoms with Crippen LogP contribution in [0.1, 0.15) is 24.6 Å². The molecule has 1 aromatic heterocycles. The maximum absolute atomic E-state index is 15.6.